The van der Waals surface area contributed by atoms with Gasteiger partial charge in [-0.15, -0.1) is 0 Å². The monoisotopic (exact) mass is 188 g/mol. The number of carbonyl (C=O) groups excluding carboxylic acids is 1. The van der Waals surface area contributed by atoms with Crippen LogP contribution < -0.4 is 11.5 Å². The van der Waals surface area contributed by atoms with E-state index >= 15 is 0 Å². The van der Waals surface area contributed by atoms with E-state index < -0.39 is 5.91 Å². The van der Waals surface area contributed by atoms with E-state index in [1.54, 1.807) is 12.2 Å². The van der Waals surface area contributed by atoms with Crippen LogP contribution in [0.4, 0.5) is 5.69 Å². The molecule has 1 aromatic carbocycles. The lowest BCUT2D eigenvalue weighted by atomic mass is 10.2. The highest BCUT2D eigenvalue weighted by Crippen LogP contribution is 2.06. The van der Waals surface area contributed by atoms with Crippen molar-refractivity contribution in [2.75, 3.05) is 5.73 Å². The minimum atomic E-state index is -0.452. The van der Waals surface area contributed by atoms with Crippen molar-refractivity contribution in [1.29, 1.82) is 0 Å². The second-order valence-corrected chi connectivity index (χ2v) is 2.79. The average molecular weight is 188 g/mol. The van der Waals surface area contributed by atoms with Gasteiger partial charge in [0.1, 0.15) is 0 Å². The molecule has 0 aliphatic heterocycles. The predicted molar refractivity (Wildman–Crippen MR) is 58.2 cm³/mol. The number of rotatable bonds is 3. The fraction of sp³-hybridized carbons (Fsp3) is 0. The molecule has 1 amide bonds. The van der Waals surface area contributed by atoms with Crippen molar-refractivity contribution in [2.24, 2.45) is 5.73 Å². The summed E-state index contributed by atoms with van der Waals surface area (Å²) in [6.45, 7) is 0. The van der Waals surface area contributed by atoms with Crippen LogP contribution >= 0.6 is 0 Å². The molecule has 0 saturated heterocycles. The highest BCUT2D eigenvalue weighted by molar-refractivity contribution is 5.86. The Morgan fingerprint density at radius 2 is 1.79 bits per heavy atom. The summed E-state index contributed by atoms with van der Waals surface area (Å²) in [6, 6.07) is 7.42. The molecule has 0 saturated carbocycles. The van der Waals surface area contributed by atoms with Crippen LogP contribution in [0.2, 0.25) is 0 Å². The molecular weight excluding hydrogens is 176 g/mol. The lowest BCUT2D eigenvalue weighted by Gasteiger charge is -1.93. The molecule has 1 aromatic rings. The SMILES string of the molecule is NC(=O)/C=C/C=C/c1ccc(N)cc1. The number of hydrogen-bond donors (Lipinski definition) is 2. The number of hydrogen-bond acceptors (Lipinski definition) is 2. The third-order valence-electron chi connectivity index (χ3n) is 1.60. The normalized spacial score (nSPS) is 11.1. The van der Waals surface area contributed by atoms with E-state index in [9.17, 15) is 4.79 Å². The zero-order valence-corrected chi connectivity index (χ0v) is 7.68. The largest absolute Gasteiger partial charge is 0.399 e. The Bertz CT molecular complexity index is 363. The van der Waals surface area contributed by atoms with Crippen LogP contribution in [0.5, 0.6) is 0 Å². The zero-order chi connectivity index (χ0) is 10.4. The molecule has 0 spiro atoms. The summed E-state index contributed by atoms with van der Waals surface area (Å²) in [4.78, 5) is 10.3. The minimum Gasteiger partial charge on any atom is -0.399 e. The Hall–Kier alpha value is -2.03. The molecule has 1 rings (SSSR count). The Kier molecular flexibility index (Phi) is 3.49. The third-order valence-corrected chi connectivity index (χ3v) is 1.60. The van der Waals surface area contributed by atoms with Crippen molar-refractivity contribution in [2.45, 2.75) is 0 Å². The van der Waals surface area contributed by atoms with Crippen molar-refractivity contribution in [3.8, 4) is 0 Å². The van der Waals surface area contributed by atoms with Crippen LogP contribution in [0.3, 0.4) is 0 Å². The van der Waals surface area contributed by atoms with Gasteiger partial charge >= 0.3 is 0 Å². The van der Waals surface area contributed by atoms with Gasteiger partial charge in [0.2, 0.25) is 5.91 Å². The van der Waals surface area contributed by atoms with E-state index in [1.165, 1.54) is 6.08 Å². The molecule has 0 atom stereocenters. The maximum Gasteiger partial charge on any atom is 0.241 e. The number of nitrogen functional groups attached to an aromatic ring is 1. The Labute approximate surface area is 82.7 Å². The first-order chi connectivity index (χ1) is 6.68. The lowest BCUT2D eigenvalue weighted by molar-refractivity contribution is -0.113. The molecule has 4 N–H and O–H groups in total. The summed E-state index contributed by atoms with van der Waals surface area (Å²) in [5.74, 6) is -0.452. The molecule has 0 bridgehead atoms. The van der Waals surface area contributed by atoms with Gasteiger partial charge < -0.3 is 11.5 Å². The van der Waals surface area contributed by atoms with E-state index in [1.807, 2.05) is 30.3 Å². The fourth-order valence-corrected chi connectivity index (χ4v) is 0.924. The van der Waals surface area contributed by atoms with Crippen molar-refractivity contribution in [3.63, 3.8) is 0 Å². The summed E-state index contributed by atoms with van der Waals surface area (Å²) in [5, 5.41) is 0. The number of nitrogens with two attached hydrogens (primary N) is 2. The minimum absolute atomic E-state index is 0.452. The molecule has 0 aromatic heterocycles. The van der Waals surface area contributed by atoms with Crippen LogP contribution in [-0.2, 0) is 4.79 Å². The van der Waals surface area contributed by atoms with Crippen LogP contribution in [0, 0.1) is 0 Å². The first-order valence-corrected chi connectivity index (χ1v) is 4.18. The number of amides is 1. The van der Waals surface area contributed by atoms with Crippen molar-refractivity contribution < 1.29 is 4.79 Å². The zero-order valence-electron chi connectivity index (χ0n) is 7.68. The summed E-state index contributed by atoms with van der Waals surface area (Å²) < 4.78 is 0. The van der Waals surface area contributed by atoms with Gasteiger partial charge in [0.25, 0.3) is 0 Å². The quantitative estimate of drug-likeness (QED) is 0.426. The molecule has 0 unspecified atom stereocenters. The van der Waals surface area contributed by atoms with Gasteiger partial charge in [0.05, 0.1) is 0 Å². The van der Waals surface area contributed by atoms with E-state index in [4.69, 9.17) is 11.5 Å². The first-order valence-electron chi connectivity index (χ1n) is 4.18. The maximum atomic E-state index is 10.3. The standard InChI is InChI=1S/C11H12N2O/c12-10-7-5-9(6-8-10)3-1-2-4-11(13)14/h1-8H,12H2,(H2,13,14)/b3-1+,4-2+. The number of benzene rings is 1. The van der Waals surface area contributed by atoms with Crippen LogP contribution in [0.15, 0.2) is 42.5 Å². The highest BCUT2D eigenvalue weighted by Gasteiger charge is 1.85. The van der Waals surface area contributed by atoms with Gasteiger partial charge in [-0.2, -0.15) is 0 Å². The van der Waals surface area contributed by atoms with Crippen LogP contribution in [0.25, 0.3) is 6.08 Å². The molecule has 0 aliphatic rings. The Balaban J connectivity index is 2.60. The van der Waals surface area contributed by atoms with Gasteiger partial charge in [0, 0.05) is 11.8 Å². The van der Waals surface area contributed by atoms with Gasteiger partial charge in [0.15, 0.2) is 0 Å². The average Bonchev–Trinajstić information content (AvgIpc) is 2.15. The number of allylic oxidation sites excluding steroid dienone is 2. The van der Waals surface area contributed by atoms with Gasteiger partial charge in [-0.3, -0.25) is 4.79 Å². The second kappa shape index (κ2) is 4.87. The highest BCUT2D eigenvalue weighted by atomic mass is 16.1. The molecule has 3 nitrogen and oxygen atoms in total. The second-order valence-electron chi connectivity index (χ2n) is 2.79. The van der Waals surface area contributed by atoms with Gasteiger partial charge in [-0.1, -0.05) is 30.4 Å². The van der Waals surface area contributed by atoms with E-state index in [2.05, 4.69) is 0 Å². The molecule has 14 heavy (non-hydrogen) atoms. The third kappa shape index (κ3) is 3.58. The van der Waals surface area contributed by atoms with Crippen molar-refractivity contribution in [3.05, 3.63) is 48.1 Å². The molecule has 0 radical (unpaired) electrons. The van der Waals surface area contributed by atoms with Crippen molar-refractivity contribution >= 4 is 17.7 Å². The van der Waals surface area contributed by atoms with E-state index in [0.29, 0.717) is 0 Å². The van der Waals surface area contributed by atoms with Gasteiger partial charge in [-0.05, 0) is 17.7 Å². The lowest BCUT2D eigenvalue weighted by Crippen LogP contribution is -2.04. The fourth-order valence-electron chi connectivity index (χ4n) is 0.924. The Morgan fingerprint density at radius 3 is 2.36 bits per heavy atom. The summed E-state index contributed by atoms with van der Waals surface area (Å²) >= 11 is 0. The molecule has 3 heteroatoms. The maximum absolute atomic E-state index is 10.3. The molecule has 0 heterocycles. The van der Waals surface area contributed by atoms with E-state index in [0.717, 1.165) is 11.3 Å². The summed E-state index contributed by atoms with van der Waals surface area (Å²) in [7, 11) is 0. The van der Waals surface area contributed by atoms with Crippen molar-refractivity contribution in [1.82, 2.24) is 0 Å². The molecule has 72 valence electrons. The predicted octanol–water partition coefficient (Wildman–Crippen LogP) is 1.32. The summed E-state index contributed by atoms with van der Waals surface area (Å²) in [6.07, 6.45) is 6.50. The van der Waals surface area contributed by atoms with Crippen LogP contribution in [0.1, 0.15) is 5.56 Å². The number of anilines is 1. The first kappa shape index (κ1) is 10.1. The number of primary amides is 1. The molecule has 0 aliphatic carbocycles. The smallest absolute Gasteiger partial charge is 0.241 e. The Morgan fingerprint density at radius 1 is 1.14 bits per heavy atom. The molecular formula is C11H12N2O. The van der Waals surface area contributed by atoms with Gasteiger partial charge in [-0.25, -0.2) is 0 Å². The molecule has 0 fully saturated rings. The topological polar surface area (TPSA) is 69.1 Å². The van der Waals surface area contributed by atoms with E-state index in [-0.39, 0.29) is 0 Å². The number of carbonyl (C=O) groups is 1. The summed E-state index contributed by atoms with van der Waals surface area (Å²) in [5.41, 5.74) is 12.2. The van der Waals surface area contributed by atoms with Crippen LogP contribution in [-0.4, -0.2) is 5.91 Å².